The zero-order chi connectivity index (χ0) is 22.3. The summed E-state index contributed by atoms with van der Waals surface area (Å²) in [6.07, 6.45) is -0.0387. The maximum Gasteiger partial charge on any atom is 0.328 e. The maximum absolute atomic E-state index is 12.4. The van der Waals surface area contributed by atoms with Crippen LogP contribution in [-0.2, 0) is 19.1 Å². The van der Waals surface area contributed by atoms with Gasteiger partial charge in [0.05, 0.1) is 13.0 Å². The smallest absolute Gasteiger partial charge is 0.328 e. The number of esters is 2. The summed E-state index contributed by atoms with van der Waals surface area (Å²) in [5.41, 5.74) is -0.275. The van der Waals surface area contributed by atoms with Gasteiger partial charge >= 0.3 is 11.9 Å². The number of amides is 1. The van der Waals surface area contributed by atoms with Gasteiger partial charge in [0, 0.05) is 12.3 Å². The van der Waals surface area contributed by atoms with Gasteiger partial charge in [0.2, 0.25) is 0 Å². The molecule has 0 spiro atoms. The van der Waals surface area contributed by atoms with Crippen molar-refractivity contribution in [1.82, 2.24) is 10.3 Å². The van der Waals surface area contributed by atoms with Crippen molar-refractivity contribution >= 4 is 17.8 Å². The monoisotopic (exact) mass is 410 g/mol. The van der Waals surface area contributed by atoms with Crippen LogP contribution in [0.3, 0.4) is 0 Å². The quantitative estimate of drug-likeness (QED) is 0.593. The molecule has 0 radical (unpaired) electrons. The summed E-state index contributed by atoms with van der Waals surface area (Å²) in [5.74, 6) is -2.58. The van der Waals surface area contributed by atoms with Crippen LogP contribution < -0.4 is 10.1 Å². The molecule has 0 aliphatic heterocycles. The average molecular weight is 410 g/mol. The fourth-order valence-corrected chi connectivity index (χ4v) is 2.49. The first kappa shape index (κ1) is 24.2. The van der Waals surface area contributed by atoms with E-state index in [1.165, 1.54) is 26.3 Å². The van der Waals surface area contributed by atoms with Gasteiger partial charge in [-0.3, -0.25) is 9.59 Å². The van der Waals surface area contributed by atoms with Crippen LogP contribution in [0.25, 0.3) is 0 Å². The molecule has 0 fully saturated rings. The summed E-state index contributed by atoms with van der Waals surface area (Å²) >= 11 is 0. The lowest BCUT2D eigenvalue weighted by molar-refractivity contribution is -0.173. The number of aromatic nitrogens is 1. The Hall–Kier alpha value is -2.84. The summed E-state index contributed by atoms with van der Waals surface area (Å²) in [6.45, 7) is 10.2. The number of carbonyl (C=O) groups is 3. The van der Waals surface area contributed by atoms with Crippen molar-refractivity contribution in [2.75, 3.05) is 7.11 Å². The second kappa shape index (κ2) is 10.6. The predicted molar refractivity (Wildman–Crippen MR) is 104 cm³/mol. The molecule has 162 valence electrons. The fraction of sp³-hybridized carbons (Fsp3) is 0.600. The van der Waals surface area contributed by atoms with Gasteiger partial charge in [0.1, 0.15) is 18.2 Å². The van der Waals surface area contributed by atoms with Crippen LogP contribution in [0.2, 0.25) is 0 Å². The molecule has 9 nitrogen and oxygen atoms in total. The first-order valence-electron chi connectivity index (χ1n) is 9.43. The van der Waals surface area contributed by atoms with E-state index in [2.05, 4.69) is 10.3 Å². The number of hydrogen-bond donors (Lipinski definition) is 2. The molecular weight excluding hydrogens is 380 g/mol. The lowest BCUT2D eigenvalue weighted by Gasteiger charge is -2.28. The average Bonchev–Trinajstić information content (AvgIpc) is 2.65. The van der Waals surface area contributed by atoms with Crippen LogP contribution in [0.1, 0.15) is 52.0 Å². The third-order valence-electron chi connectivity index (χ3n) is 4.17. The minimum Gasteiger partial charge on any atom is -0.503 e. The molecule has 3 atom stereocenters. The first-order valence-corrected chi connectivity index (χ1v) is 9.43. The lowest BCUT2D eigenvalue weighted by atomic mass is 10.0. The van der Waals surface area contributed by atoms with Crippen molar-refractivity contribution in [3.05, 3.63) is 18.0 Å². The Morgan fingerprint density at radius 1 is 1.03 bits per heavy atom. The van der Waals surface area contributed by atoms with Gasteiger partial charge in [0.25, 0.3) is 5.91 Å². The van der Waals surface area contributed by atoms with Gasteiger partial charge in [-0.15, -0.1) is 0 Å². The Morgan fingerprint density at radius 2 is 1.66 bits per heavy atom. The normalized spacial score (nSPS) is 14.1. The molecule has 0 aliphatic rings. The Kier molecular flexibility index (Phi) is 8.87. The molecular formula is C20H30N2O7. The van der Waals surface area contributed by atoms with E-state index in [9.17, 15) is 19.5 Å². The van der Waals surface area contributed by atoms with E-state index in [4.69, 9.17) is 14.2 Å². The highest BCUT2D eigenvalue weighted by Crippen LogP contribution is 2.27. The minimum atomic E-state index is -1.02. The molecule has 0 bridgehead atoms. The SMILES string of the molecule is COc1ccnc(C(=O)N[C@@H](C)C(=O)O[C@@H](C)[C@H](OC(=O)C(C)C)C(C)C)c1O. The summed E-state index contributed by atoms with van der Waals surface area (Å²) < 4.78 is 15.8. The molecule has 9 heteroatoms. The molecule has 0 aliphatic carbocycles. The Balaban J connectivity index is 2.77. The number of rotatable bonds is 9. The second-order valence-electron chi connectivity index (χ2n) is 7.35. The predicted octanol–water partition coefficient (Wildman–Crippen LogP) is 2.07. The minimum absolute atomic E-state index is 0.0803. The zero-order valence-corrected chi connectivity index (χ0v) is 17.9. The number of nitrogens with one attached hydrogen (secondary N) is 1. The third kappa shape index (κ3) is 6.62. The number of ether oxygens (including phenoxy) is 3. The molecule has 0 saturated heterocycles. The Morgan fingerprint density at radius 3 is 2.17 bits per heavy atom. The molecule has 1 rings (SSSR count). The van der Waals surface area contributed by atoms with Crippen molar-refractivity contribution in [3.8, 4) is 11.5 Å². The number of carbonyl (C=O) groups excluding carboxylic acids is 3. The van der Waals surface area contributed by atoms with E-state index < -0.39 is 35.9 Å². The van der Waals surface area contributed by atoms with Crippen molar-refractivity contribution < 1.29 is 33.7 Å². The Bertz CT molecular complexity index is 734. The molecule has 0 unspecified atom stereocenters. The lowest BCUT2D eigenvalue weighted by Crippen LogP contribution is -2.44. The second-order valence-corrected chi connectivity index (χ2v) is 7.35. The van der Waals surface area contributed by atoms with Crippen molar-refractivity contribution in [1.29, 1.82) is 0 Å². The molecule has 0 saturated carbocycles. The highest BCUT2D eigenvalue weighted by molar-refractivity contribution is 5.97. The summed E-state index contributed by atoms with van der Waals surface area (Å²) in [4.78, 5) is 40.4. The number of aromatic hydroxyl groups is 1. The van der Waals surface area contributed by atoms with Crippen molar-refractivity contribution in [2.45, 2.75) is 59.8 Å². The van der Waals surface area contributed by atoms with Crippen molar-refractivity contribution in [3.63, 3.8) is 0 Å². The van der Waals surface area contributed by atoms with Crippen LogP contribution in [0, 0.1) is 11.8 Å². The third-order valence-corrected chi connectivity index (χ3v) is 4.17. The van der Waals surface area contributed by atoms with E-state index in [1.54, 1.807) is 20.8 Å². The van der Waals surface area contributed by atoms with E-state index in [0.717, 1.165) is 0 Å². The standard InChI is InChI=1S/C20H30N2O7/c1-10(2)17(29-19(25)11(3)4)13(6)28-20(26)12(5)22-18(24)15-16(23)14(27-7)8-9-21-15/h8-13,17,23H,1-7H3,(H,22,24)/t12-,13-,17+/m0/s1. The van der Waals surface area contributed by atoms with Crippen molar-refractivity contribution in [2.24, 2.45) is 11.8 Å². The van der Waals surface area contributed by atoms with E-state index >= 15 is 0 Å². The van der Waals surface area contributed by atoms with Gasteiger partial charge in [-0.2, -0.15) is 0 Å². The molecule has 1 aromatic rings. The summed E-state index contributed by atoms with van der Waals surface area (Å²) in [7, 11) is 1.34. The van der Waals surface area contributed by atoms with Crippen LogP contribution in [0.5, 0.6) is 11.5 Å². The fourth-order valence-electron chi connectivity index (χ4n) is 2.49. The number of methoxy groups -OCH3 is 1. The van der Waals surface area contributed by atoms with Gasteiger partial charge in [-0.1, -0.05) is 27.7 Å². The van der Waals surface area contributed by atoms with Crippen LogP contribution >= 0.6 is 0 Å². The van der Waals surface area contributed by atoms with Gasteiger partial charge in [-0.25, -0.2) is 9.78 Å². The molecule has 1 heterocycles. The first-order chi connectivity index (χ1) is 13.5. The number of pyridine rings is 1. The van der Waals surface area contributed by atoms with Gasteiger partial charge < -0.3 is 24.6 Å². The maximum atomic E-state index is 12.4. The topological polar surface area (TPSA) is 124 Å². The Labute approximate surface area is 170 Å². The van der Waals surface area contributed by atoms with Crippen LogP contribution in [0.15, 0.2) is 12.3 Å². The highest BCUT2D eigenvalue weighted by atomic mass is 16.6. The van der Waals surface area contributed by atoms with E-state index in [0.29, 0.717) is 0 Å². The largest absolute Gasteiger partial charge is 0.503 e. The number of hydrogen-bond acceptors (Lipinski definition) is 8. The van der Waals surface area contributed by atoms with E-state index in [-0.39, 0.29) is 29.2 Å². The summed E-state index contributed by atoms with van der Waals surface area (Å²) in [6, 6.07) is 0.377. The molecule has 29 heavy (non-hydrogen) atoms. The van der Waals surface area contributed by atoms with Crippen LogP contribution in [0.4, 0.5) is 0 Å². The summed E-state index contributed by atoms with van der Waals surface area (Å²) in [5, 5.41) is 12.4. The molecule has 2 N–H and O–H groups in total. The molecule has 0 aromatic carbocycles. The highest BCUT2D eigenvalue weighted by Gasteiger charge is 2.31. The van der Waals surface area contributed by atoms with Crippen LogP contribution in [-0.4, -0.2) is 53.3 Å². The van der Waals surface area contributed by atoms with Gasteiger partial charge in [-0.05, 0) is 19.8 Å². The molecule has 1 amide bonds. The van der Waals surface area contributed by atoms with E-state index in [1.807, 2.05) is 13.8 Å². The number of nitrogens with zero attached hydrogens (tertiary/aromatic N) is 1. The molecule has 1 aromatic heterocycles. The zero-order valence-electron chi connectivity index (χ0n) is 17.9. The van der Waals surface area contributed by atoms with Gasteiger partial charge in [0.15, 0.2) is 17.2 Å².